The second kappa shape index (κ2) is 9.08. The van der Waals surface area contributed by atoms with Gasteiger partial charge in [0.05, 0.1) is 11.7 Å². The number of hydrogen-bond acceptors (Lipinski definition) is 5. The average Bonchev–Trinajstić information content (AvgIpc) is 3.42. The van der Waals surface area contributed by atoms with Crippen LogP contribution < -0.4 is 5.32 Å². The van der Waals surface area contributed by atoms with E-state index >= 15 is 0 Å². The Labute approximate surface area is 202 Å². The summed E-state index contributed by atoms with van der Waals surface area (Å²) in [5.41, 5.74) is 2.46. The third-order valence-corrected chi connectivity index (χ3v) is 8.11. The Hall–Kier alpha value is -2.42. The van der Waals surface area contributed by atoms with E-state index in [0.717, 1.165) is 61.8 Å². The lowest BCUT2D eigenvalue weighted by Gasteiger charge is -2.38. The lowest BCUT2D eigenvalue weighted by atomic mass is 9.89. The summed E-state index contributed by atoms with van der Waals surface area (Å²) >= 11 is 7.59. The number of nitrogens with one attached hydrogen (secondary N) is 2. The first-order valence-electron chi connectivity index (χ1n) is 11.4. The Kier molecular flexibility index (Phi) is 6.16. The number of carbonyl (C=O) groups is 2. The molecule has 2 aliphatic rings. The Bertz CT molecular complexity index is 1200. The van der Waals surface area contributed by atoms with E-state index in [1.807, 2.05) is 25.2 Å². The summed E-state index contributed by atoms with van der Waals surface area (Å²) in [7, 11) is 3.91. The fraction of sp³-hybridized carbons (Fsp3) is 0.458. The molecule has 3 heterocycles. The highest BCUT2D eigenvalue weighted by molar-refractivity contribution is 7.13. The van der Waals surface area contributed by atoms with E-state index in [9.17, 15) is 9.59 Å². The summed E-state index contributed by atoms with van der Waals surface area (Å²) in [6.45, 7) is 1.81. The number of amides is 2. The van der Waals surface area contributed by atoms with Crippen molar-refractivity contribution < 1.29 is 9.59 Å². The molecule has 1 fully saturated rings. The number of likely N-dealkylation sites (N-methyl/N-ethyl adjacent to an activating group) is 2. The van der Waals surface area contributed by atoms with Crippen molar-refractivity contribution in [3.63, 3.8) is 0 Å². The molecular formula is C24H28ClN5O2S. The number of H-pyrrole nitrogens is 1. The molecule has 0 unspecified atom stereocenters. The van der Waals surface area contributed by atoms with Crippen LogP contribution in [0.5, 0.6) is 0 Å². The molecule has 2 atom stereocenters. The monoisotopic (exact) mass is 485 g/mol. The summed E-state index contributed by atoms with van der Waals surface area (Å²) in [5.74, 6) is -0.212. The highest BCUT2D eigenvalue weighted by Gasteiger charge is 2.33. The fourth-order valence-corrected chi connectivity index (χ4v) is 6.22. The van der Waals surface area contributed by atoms with Gasteiger partial charge < -0.3 is 20.1 Å². The van der Waals surface area contributed by atoms with Crippen LogP contribution in [-0.4, -0.2) is 64.3 Å². The molecule has 0 spiro atoms. The first-order valence-corrected chi connectivity index (χ1v) is 12.6. The lowest BCUT2D eigenvalue weighted by molar-refractivity contribution is 0.0622. The second-order valence-electron chi connectivity index (χ2n) is 9.14. The van der Waals surface area contributed by atoms with E-state index in [1.165, 1.54) is 16.2 Å². The number of aromatic amines is 1. The van der Waals surface area contributed by atoms with Gasteiger partial charge in [0.2, 0.25) is 0 Å². The van der Waals surface area contributed by atoms with Gasteiger partial charge in [0, 0.05) is 53.4 Å². The van der Waals surface area contributed by atoms with Crippen LogP contribution in [0.1, 0.15) is 56.5 Å². The molecule has 2 N–H and O–H groups in total. The van der Waals surface area contributed by atoms with Crippen LogP contribution in [0.15, 0.2) is 24.3 Å². The molecule has 1 saturated carbocycles. The van der Waals surface area contributed by atoms with Crippen molar-refractivity contribution >= 4 is 45.7 Å². The fourth-order valence-electron chi connectivity index (χ4n) is 4.95. The number of thiazole rings is 1. The average molecular weight is 486 g/mol. The predicted molar refractivity (Wildman–Crippen MR) is 131 cm³/mol. The van der Waals surface area contributed by atoms with E-state index in [2.05, 4.69) is 27.2 Å². The van der Waals surface area contributed by atoms with Gasteiger partial charge in [-0.2, -0.15) is 0 Å². The summed E-state index contributed by atoms with van der Waals surface area (Å²) in [6.07, 6.45) is 4.67. The standard InChI is InChI=1S/C24H28ClN5O2S/c1-29-10-9-18-21(13-29)33-23(28-18)22(31)27-17-5-3-4-6-20(17)30(2)24(32)19-12-14-11-15(25)7-8-16(14)26-19/h7-8,11-12,17,20,26H,3-6,9-10,13H2,1-2H3,(H,27,31)/t17-,20+/m1/s1. The molecule has 1 aromatic carbocycles. The number of nitrogens with zero attached hydrogens (tertiary/aromatic N) is 3. The van der Waals surface area contributed by atoms with Crippen LogP contribution >= 0.6 is 22.9 Å². The number of aromatic nitrogens is 2. The molecule has 5 rings (SSSR count). The van der Waals surface area contributed by atoms with E-state index in [1.54, 1.807) is 11.0 Å². The molecule has 2 amide bonds. The first kappa shape index (κ1) is 22.4. The van der Waals surface area contributed by atoms with E-state index < -0.39 is 0 Å². The van der Waals surface area contributed by atoms with Gasteiger partial charge in [-0.15, -0.1) is 11.3 Å². The molecule has 2 aromatic heterocycles. The summed E-state index contributed by atoms with van der Waals surface area (Å²) in [6, 6.07) is 7.21. The van der Waals surface area contributed by atoms with Crippen molar-refractivity contribution in [3.05, 3.63) is 50.6 Å². The molecule has 3 aromatic rings. The van der Waals surface area contributed by atoms with Crippen molar-refractivity contribution in [3.8, 4) is 0 Å². The molecule has 0 saturated heterocycles. The van der Waals surface area contributed by atoms with Gasteiger partial charge in [0.15, 0.2) is 5.01 Å². The molecule has 174 valence electrons. The van der Waals surface area contributed by atoms with E-state index in [0.29, 0.717) is 15.7 Å². The summed E-state index contributed by atoms with van der Waals surface area (Å²) in [4.78, 5) is 39.4. The van der Waals surface area contributed by atoms with Crippen molar-refractivity contribution in [1.82, 2.24) is 25.1 Å². The second-order valence-corrected chi connectivity index (χ2v) is 10.7. The minimum atomic E-state index is -0.130. The van der Waals surface area contributed by atoms with Crippen LogP contribution in [0, 0.1) is 0 Å². The van der Waals surface area contributed by atoms with Gasteiger partial charge >= 0.3 is 0 Å². The van der Waals surface area contributed by atoms with Gasteiger partial charge in [0.25, 0.3) is 11.8 Å². The Morgan fingerprint density at radius 3 is 2.94 bits per heavy atom. The maximum atomic E-state index is 13.3. The third kappa shape index (κ3) is 4.52. The van der Waals surface area contributed by atoms with Gasteiger partial charge in [0.1, 0.15) is 5.69 Å². The van der Waals surface area contributed by atoms with Crippen molar-refractivity contribution in [2.24, 2.45) is 0 Å². The van der Waals surface area contributed by atoms with Gasteiger partial charge in [-0.3, -0.25) is 9.59 Å². The zero-order chi connectivity index (χ0) is 23.1. The molecule has 1 aliphatic carbocycles. The molecule has 0 radical (unpaired) electrons. The highest BCUT2D eigenvalue weighted by atomic mass is 35.5. The Morgan fingerprint density at radius 2 is 2.09 bits per heavy atom. The number of fused-ring (bicyclic) bond motifs is 2. The zero-order valence-electron chi connectivity index (χ0n) is 18.9. The molecular weight excluding hydrogens is 458 g/mol. The smallest absolute Gasteiger partial charge is 0.280 e. The molecule has 9 heteroatoms. The molecule has 7 nitrogen and oxygen atoms in total. The predicted octanol–water partition coefficient (Wildman–Crippen LogP) is 4.08. The van der Waals surface area contributed by atoms with Crippen molar-refractivity contribution in [2.75, 3.05) is 20.6 Å². The quantitative estimate of drug-likeness (QED) is 0.583. The highest BCUT2D eigenvalue weighted by Crippen LogP contribution is 2.28. The maximum Gasteiger partial charge on any atom is 0.280 e. The van der Waals surface area contributed by atoms with Crippen LogP contribution in [-0.2, 0) is 13.0 Å². The largest absolute Gasteiger partial charge is 0.351 e. The Balaban J connectivity index is 1.31. The number of halogens is 1. The maximum absolute atomic E-state index is 13.3. The summed E-state index contributed by atoms with van der Waals surface area (Å²) in [5, 5.41) is 5.28. The van der Waals surface area contributed by atoms with Gasteiger partial charge in [-0.05, 0) is 44.2 Å². The molecule has 0 bridgehead atoms. The first-order chi connectivity index (χ1) is 15.9. The van der Waals surface area contributed by atoms with Crippen molar-refractivity contribution in [1.29, 1.82) is 0 Å². The number of carbonyl (C=O) groups excluding carboxylic acids is 2. The lowest BCUT2D eigenvalue weighted by Crippen LogP contribution is -2.53. The van der Waals surface area contributed by atoms with Crippen LogP contribution in [0.3, 0.4) is 0 Å². The SMILES string of the molecule is CN1CCc2nc(C(=O)N[C@@H]3CCCC[C@@H]3N(C)C(=O)c3cc4cc(Cl)ccc4[nH]3)sc2C1. The molecule has 1 aliphatic heterocycles. The number of rotatable bonds is 4. The minimum Gasteiger partial charge on any atom is -0.351 e. The third-order valence-electron chi connectivity index (χ3n) is 6.79. The zero-order valence-corrected chi connectivity index (χ0v) is 20.4. The van der Waals surface area contributed by atoms with Crippen LogP contribution in [0.4, 0.5) is 0 Å². The number of hydrogen-bond donors (Lipinski definition) is 2. The van der Waals surface area contributed by atoms with E-state index in [4.69, 9.17) is 11.6 Å². The molecule has 33 heavy (non-hydrogen) atoms. The van der Waals surface area contributed by atoms with Gasteiger partial charge in [-0.1, -0.05) is 24.4 Å². The Morgan fingerprint density at radius 1 is 1.27 bits per heavy atom. The van der Waals surface area contributed by atoms with Crippen LogP contribution in [0.2, 0.25) is 5.02 Å². The number of benzene rings is 1. The van der Waals surface area contributed by atoms with Gasteiger partial charge in [-0.25, -0.2) is 4.98 Å². The van der Waals surface area contributed by atoms with Crippen LogP contribution in [0.25, 0.3) is 10.9 Å². The van der Waals surface area contributed by atoms with E-state index in [-0.39, 0.29) is 23.9 Å². The van der Waals surface area contributed by atoms with Crippen molar-refractivity contribution in [2.45, 2.75) is 50.7 Å². The normalized spacial score (nSPS) is 21.1. The minimum absolute atomic E-state index is 0.0640. The topological polar surface area (TPSA) is 81.3 Å². The summed E-state index contributed by atoms with van der Waals surface area (Å²) < 4.78 is 0.